The molecule has 140 valence electrons. The van der Waals surface area contributed by atoms with Gasteiger partial charge in [0, 0.05) is 25.7 Å². The minimum absolute atomic E-state index is 0. The second-order valence-electron chi connectivity index (χ2n) is 5.43. The molecule has 25 heavy (non-hydrogen) atoms. The predicted octanol–water partition coefficient (Wildman–Crippen LogP) is 2.59. The van der Waals surface area contributed by atoms with Crippen molar-refractivity contribution >= 4 is 24.1 Å². The summed E-state index contributed by atoms with van der Waals surface area (Å²) in [6.07, 6.45) is -4.59. The summed E-state index contributed by atoms with van der Waals surface area (Å²) < 4.78 is 43.9. The number of rotatable bonds is 6. The van der Waals surface area contributed by atoms with Crippen LogP contribution in [0.2, 0.25) is 0 Å². The SMILES string of the molecule is Cl.O=C(O)[C@@H]1CN(CCOc2ccccc2[N+](=O)[O-])C[C@H]1C(F)(F)F. The molecule has 0 unspecified atom stereocenters. The third-order valence-corrected chi connectivity index (χ3v) is 3.86. The number of alkyl halides is 3. The van der Waals surface area contributed by atoms with Crippen LogP contribution in [0.3, 0.4) is 0 Å². The number of ether oxygens (including phenoxy) is 1. The zero-order valence-corrected chi connectivity index (χ0v) is 13.6. The summed E-state index contributed by atoms with van der Waals surface area (Å²) in [4.78, 5) is 22.5. The van der Waals surface area contributed by atoms with Gasteiger partial charge in [0.2, 0.25) is 0 Å². The molecule has 0 aliphatic carbocycles. The number of nitro benzene ring substituents is 1. The lowest BCUT2D eigenvalue weighted by Gasteiger charge is -2.18. The Morgan fingerprint density at radius 3 is 2.52 bits per heavy atom. The highest BCUT2D eigenvalue weighted by molar-refractivity contribution is 5.85. The van der Waals surface area contributed by atoms with Crippen LogP contribution in [0.15, 0.2) is 24.3 Å². The maximum Gasteiger partial charge on any atom is 0.393 e. The molecule has 0 bridgehead atoms. The van der Waals surface area contributed by atoms with Crippen LogP contribution in [0.1, 0.15) is 0 Å². The minimum Gasteiger partial charge on any atom is -0.485 e. The summed E-state index contributed by atoms with van der Waals surface area (Å²) in [6, 6.07) is 5.65. The predicted molar refractivity (Wildman–Crippen MR) is 83.0 cm³/mol. The van der Waals surface area contributed by atoms with Crippen molar-refractivity contribution < 1.29 is 32.7 Å². The number of hydrogen-bond acceptors (Lipinski definition) is 5. The molecule has 0 spiro atoms. The van der Waals surface area contributed by atoms with E-state index >= 15 is 0 Å². The molecule has 0 radical (unpaired) electrons. The molecule has 1 heterocycles. The maximum absolute atomic E-state index is 12.9. The Kier molecular flexibility index (Phi) is 7.00. The zero-order chi connectivity index (χ0) is 17.9. The average Bonchev–Trinajstić information content (AvgIpc) is 2.92. The fourth-order valence-corrected chi connectivity index (χ4v) is 2.66. The topological polar surface area (TPSA) is 92.9 Å². The molecule has 1 aliphatic rings. The van der Waals surface area contributed by atoms with Crippen molar-refractivity contribution in [2.45, 2.75) is 6.18 Å². The van der Waals surface area contributed by atoms with Gasteiger partial charge in [-0.1, -0.05) is 12.1 Å². The summed E-state index contributed by atoms with van der Waals surface area (Å²) in [5.41, 5.74) is -0.240. The number of para-hydroxylation sites is 2. The van der Waals surface area contributed by atoms with Crippen molar-refractivity contribution in [3.8, 4) is 5.75 Å². The Balaban J connectivity index is 0.00000312. The van der Waals surface area contributed by atoms with Crippen molar-refractivity contribution in [1.29, 1.82) is 0 Å². The lowest BCUT2D eigenvalue weighted by molar-refractivity contribution is -0.385. The Morgan fingerprint density at radius 1 is 1.36 bits per heavy atom. The van der Waals surface area contributed by atoms with Gasteiger partial charge in [0.05, 0.1) is 16.8 Å². The summed E-state index contributed by atoms with van der Waals surface area (Å²) >= 11 is 0. The van der Waals surface area contributed by atoms with Crippen molar-refractivity contribution in [2.75, 3.05) is 26.2 Å². The Labute approximate surface area is 146 Å². The molecule has 1 N–H and O–H groups in total. The van der Waals surface area contributed by atoms with Gasteiger partial charge in [-0.05, 0) is 6.07 Å². The Morgan fingerprint density at radius 2 is 2.00 bits per heavy atom. The van der Waals surface area contributed by atoms with Crippen molar-refractivity contribution in [1.82, 2.24) is 4.90 Å². The highest BCUT2D eigenvalue weighted by Gasteiger charge is 2.52. The number of nitrogens with zero attached hydrogens (tertiary/aromatic N) is 2. The number of carboxylic acids is 1. The van der Waals surface area contributed by atoms with Crippen LogP contribution >= 0.6 is 12.4 Å². The quantitative estimate of drug-likeness (QED) is 0.598. The van der Waals surface area contributed by atoms with E-state index in [1.165, 1.54) is 23.1 Å². The molecule has 1 aromatic carbocycles. The number of hydrogen-bond donors (Lipinski definition) is 1. The second kappa shape index (κ2) is 8.34. The lowest BCUT2D eigenvalue weighted by Crippen LogP contribution is -2.33. The van der Waals surface area contributed by atoms with Crippen LogP contribution in [-0.2, 0) is 4.79 Å². The number of halogens is 4. The fraction of sp³-hybridized carbons (Fsp3) is 0.500. The van der Waals surface area contributed by atoms with Crippen LogP contribution in [0.5, 0.6) is 5.75 Å². The molecule has 11 heteroatoms. The first-order valence-electron chi connectivity index (χ1n) is 7.08. The monoisotopic (exact) mass is 384 g/mol. The first-order chi connectivity index (χ1) is 11.2. The van der Waals surface area contributed by atoms with Gasteiger partial charge < -0.3 is 9.84 Å². The van der Waals surface area contributed by atoms with E-state index in [1.807, 2.05) is 0 Å². The maximum atomic E-state index is 12.9. The highest BCUT2D eigenvalue weighted by atomic mass is 35.5. The van der Waals surface area contributed by atoms with Gasteiger partial charge in [-0.2, -0.15) is 13.2 Å². The van der Waals surface area contributed by atoms with Crippen LogP contribution in [0.25, 0.3) is 0 Å². The zero-order valence-electron chi connectivity index (χ0n) is 12.8. The van der Waals surface area contributed by atoms with E-state index in [1.54, 1.807) is 6.07 Å². The molecule has 2 atom stereocenters. The summed E-state index contributed by atoms with van der Waals surface area (Å²) in [5, 5.41) is 19.8. The van der Waals surface area contributed by atoms with Crippen molar-refractivity contribution in [3.63, 3.8) is 0 Å². The highest BCUT2D eigenvalue weighted by Crippen LogP contribution is 2.37. The average molecular weight is 385 g/mol. The number of carbonyl (C=O) groups is 1. The molecular formula is C14H16ClF3N2O5. The Hall–Kier alpha value is -2.07. The molecule has 1 saturated heterocycles. The number of likely N-dealkylation sites (tertiary alicyclic amines) is 1. The first kappa shape index (κ1) is 21.0. The smallest absolute Gasteiger partial charge is 0.393 e. The number of aliphatic carboxylic acids is 1. The van der Waals surface area contributed by atoms with Gasteiger partial charge in [-0.25, -0.2) is 0 Å². The molecule has 0 saturated carbocycles. The van der Waals surface area contributed by atoms with Crippen molar-refractivity contribution in [2.24, 2.45) is 11.8 Å². The van der Waals surface area contributed by atoms with Gasteiger partial charge in [0.25, 0.3) is 0 Å². The summed E-state index contributed by atoms with van der Waals surface area (Å²) in [7, 11) is 0. The first-order valence-corrected chi connectivity index (χ1v) is 7.08. The number of nitro groups is 1. The molecule has 7 nitrogen and oxygen atoms in total. The van der Waals surface area contributed by atoms with Gasteiger partial charge >= 0.3 is 17.8 Å². The van der Waals surface area contributed by atoms with Gasteiger partial charge in [0.15, 0.2) is 5.75 Å². The molecule has 2 rings (SSSR count). The third kappa shape index (κ3) is 5.20. The van der Waals surface area contributed by atoms with Gasteiger partial charge in [0.1, 0.15) is 6.61 Å². The Bertz CT molecular complexity index is 629. The normalized spacial score (nSPS) is 20.8. The standard InChI is InChI=1S/C14H15F3N2O5.ClH/c15-14(16,17)10-8-18(7-9(10)13(20)21)5-6-24-12-4-2-1-3-11(12)19(22)23;/h1-4,9-10H,5-8H2,(H,20,21);1H/t9-,10-;/m1./s1. The molecule has 1 aliphatic heterocycles. The fourth-order valence-electron chi connectivity index (χ4n) is 2.66. The molecule has 1 fully saturated rings. The number of carboxylic acid groups (broad SMARTS) is 1. The van der Waals surface area contributed by atoms with E-state index in [0.717, 1.165) is 0 Å². The summed E-state index contributed by atoms with van der Waals surface area (Å²) in [5.74, 6) is -4.92. The summed E-state index contributed by atoms with van der Waals surface area (Å²) in [6.45, 7) is -0.704. The van der Waals surface area contributed by atoms with Crippen LogP contribution in [-0.4, -0.2) is 53.3 Å². The van der Waals surface area contributed by atoms with E-state index in [-0.39, 0.29) is 43.5 Å². The van der Waals surface area contributed by atoms with E-state index in [4.69, 9.17) is 9.84 Å². The van der Waals surface area contributed by atoms with Gasteiger partial charge in [-0.15, -0.1) is 12.4 Å². The third-order valence-electron chi connectivity index (χ3n) is 3.86. The van der Waals surface area contributed by atoms with Gasteiger partial charge in [-0.3, -0.25) is 19.8 Å². The van der Waals surface area contributed by atoms with E-state index < -0.39 is 35.4 Å². The minimum atomic E-state index is -4.59. The lowest BCUT2D eigenvalue weighted by atomic mass is 9.96. The van der Waals surface area contributed by atoms with E-state index in [2.05, 4.69) is 0 Å². The van der Waals surface area contributed by atoms with Crippen LogP contribution in [0, 0.1) is 22.0 Å². The number of benzene rings is 1. The van der Waals surface area contributed by atoms with E-state index in [0.29, 0.717) is 0 Å². The molecule has 1 aromatic rings. The van der Waals surface area contributed by atoms with Crippen molar-refractivity contribution in [3.05, 3.63) is 34.4 Å². The van der Waals surface area contributed by atoms with Crippen LogP contribution in [0.4, 0.5) is 18.9 Å². The molecular weight excluding hydrogens is 369 g/mol. The largest absolute Gasteiger partial charge is 0.485 e. The molecule has 0 amide bonds. The van der Waals surface area contributed by atoms with Crippen LogP contribution < -0.4 is 4.74 Å². The molecule has 0 aromatic heterocycles. The van der Waals surface area contributed by atoms with E-state index in [9.17, 15) is 28.1 Å². The second-order valence-corrected chi connectivity index (χ2v) is 5.43.